The summed E-state index contributed by atoms with van der Waals surface area (Å²) in [5.74, 6) is 1.64. The van der Waals surface area contributed by atoms with Crippen LogP contribution in [-0.4, -0.2) is 24.1 Å². The van der Waals surface area contributed by atoms with Crippen molar-refractivity contribution in [1.82, 2.24) is 9.97 Å². The fraction of sp³-hybridized carbons (Fsp3) is 0.158. The molecular formula is C19H19N3O. The lowest BCUT2D eigenvalue weighted by Gasteiger charge is -2.10. The first-order valence-electron chi connectivity index (χ1n) is 7.52. The van der Waals surface area contributed by atoms with Crippen LogP contribution in [0, 0.1) is 0 Å². The predicted octanol–water partition coefficient (Wildman–Crippen LogP) is 3.78. The minimum Gasteiger partial charge on any atom is -0.497 e. The molecule has 0 atom stereocenters. The molecule has 2 aromatic carbocycles. The monoisotopic (exact) mass is 305 g/mol. The van der Waals surface area contributed by atoms with E-state index < -0.39 is 0 Å². The van der Waals surface area contributed by atoms with E-state index in [1.807, 2.05) is 49.5 Å². The molecule has 0 saturated carbocycles. The molecule has 3 rings (SSSR count). The second-order valence-electron chi connectivity index (χ2n) is 5.19. The largest absolute Gasteiger partial charge is 0.497 e. The number of aromatic nitrogens is 2. The van der Waals surface area contributed by atoms with Gasteiger partial charge in [-0.05, 0) is 29.8 Å². The van der Waals surface area contributed by atoms with Gasteiger partial charge in [-0.15, -0.1) is 0 Å². The number of ether oxygens (including phenoxy) is 1. The number of nitrogens with one attached hydrogen (secondary N) is 1. The summed E-state index contributed by atoms with van der Waals surface area (Å²) >= 11 is 0. The van der Waals surface area contributed by atoms with E-state index in [1.54, 1.807) is 13.3 Å². The first-order chi connectivity index (χ1) is 11.3. The van der Waals surface area contributed by atoms with Gasteiger partial charge in [-0.3, -0.25) is 0 Å². The number of nitrogens with zero attached hydrogens (tertiary/aromatic N) is 2. The van der Waals surface area contributed by atoms with Gasteiger partial charge in [0.15, 0.2) is 0 Å². The summed E-state index contributed by atoms with van der Waals surface area (Å²) in [5, 5.41) is 3.12. The maximum atomic E-state index is 5.20. The SMILES string of the molecule is CNc1ncc(-c2ccc(OC)cc2)nc1Cc1ccccc1. The highest BCUT2D eigenvalue weighted by atomic mass is 16.5. The summed E-state index contributed by atoms with van der Waals surface area (Å²) in [6.45, 7) is 0. The van der Waals surface area contributed by atoms with Crippen LogP contribution in [0.5, 0.6) is 5.75 Å². The molecule has 0 fully saturated rings. The van der Waals surface area contributed by atoms with Gasteiger partial charge in [0, 0.05) is 19.0 Å². The zero-order valence-corrected chi connectivity index (χ0v) is 13.3. The Labute approximate surface area is 136 Å². The smallest absolute Gasteiger partial charge is 0.147 e. The molecule has 3 aromatic rings. The average Bonchev–Trinajstić information content (AvgIpc) is 2.62. The zero-order valence-electron chi connectivity index (χ0n) is 13.3. The molecule has 0 radical (unpaired) electrons. The maximum Gasteiger partial charge on any atom is 0.147 e. The van der Waals surface area contributed by atoms with Crippen molar-refractivity contribution >= 4 is 5.82 Å². The molecule has 1 N–H and O–H groups in total. The van der Waals surface area contributed by atoms with E-state index in [-0.39, 0.29) is 0 Å². The van der Waals surface area contributed by atoms with Gasteiger partial charge < -0.3 is 10.1 Å². The van der Waals surface area contributed by atoms with Gasteiger partial charge in [0.2, 0.25) is 0 Å². The third-order valence-electron chi connectivity index (χ3n) is 3.68. The van der Waals surface area contributed by atoms with E-state index in [0.29, 0.717) is 0 Å². The molecule has 116 valence electrons. The van der Waals surface area contributed by atoms with Crippen molar-refractivity contribution in [1.29, 1.82) is 0 Å². The predicted molar refractivity (Wildman–Crippen MR) is 92.8 cm³/mol. The topological polar surface area (TPSA) is 47.0 Å². The second-order valence-corrected chi connectivity index (χ2v) is 5.19. The van der Waals surface area contributed by atoms with E-state index >= 15 is 0 Å². The maximum absolute atomic E-state index is 5.20. The molecule has 0 aliphatic rings. The van der Waals surface area contributed by atoms with Crippen molar-refractivity contribution < 1.29 is 4.74 Å². The number of methoxy groups -OCH3 is 1. The van der Waals surface area contributed by atoms with Gasteiger partial charge in [-0.25, -0.2) is 9.97 Å². The standard InChI is InChI=1S/C19H19N3O/c1-20-19-17(12-14-6-4-3-5-7-14)22-18(13-21-19)15-8-10-16(23-2)11-9-15/h3-11,13H,12H2,1-2H3,(H,20,21). The number of rotatable bonds is 5. The lowest BCUT2D eigenvalue weighted by molar-refractivity contribution is 0.415. The zero-order chi connectivity index (χ0) is 16.1. The number of hydrogen-bond donors (Lipinski definition) is 1. The quantitative estimate of drug-likeness (QED) is 0.779. The summed E-state index contributed by atoms with van der Waals surface area (Å²) in [7, 11) is 3.53. The Bertz CT molecular complexity index is 770. The van der Waals surface area contributed by atoms with Crippen LogP contribution in [0.25, 0.3) is 11.3 Å². The average molecular weight is 305 g/mol. The molecule has 0 aliphatic heterocycles. The molecule has 0 amide bonds. The van der Waals surface area contributed by atoms with Gasteiger partial charge in [0.05, 0.1) is 24.7 Å². The van der Waals surface area contributed by atoms with Crippen LogP contribution < -0.4 is 10.1 Å². The minimum absolute atomic E-state index is 0.744. The van der Waals surface area contributed by atoms with Crippen LogP contribution in [0.15, 0.2) is 60.8 Å². The lowest BCUT2D eigenvalue weighted by Crippen LogP contribution is -2.03. The van der Waals surface area contributed by atoms with Crippen LogP contribution in [-0.2, 0) is 6.42 Å². The highest BCUT2D eigenvalue weighted by Gasteiger charge is 2.09. The molecule has 0 saturated heterocycles. The third-order valence-corrected chi connectivity index (χ3v) is 3.68. The molecule has 1 heterocycles. The van der Waals surface area contributed by atoms with Gasteiger partial charge in [0.1, 0.15) is 11.6 Å². The molecule has 0 aliphatic carbocycles. The Balaban J connectivity index is 1.94. The summed E-state index contributed by atoms with van der Waals surface area (Å²) in [6, 6.07) is 18.1. The third kappa shape index (κ3) is 3.48. The first kappa shape index (κ1) is 15.0. The van der Waals surface area contributed by atoms with E-state index in [1.165, 1.54) is 5.56 Å². The van der Waals surface area contributed by atoms with Crippen molar-refractivity contribution in [3.8, 4) is 17.0 Å². The fourth-order valence-electron chi connectivity index (χ4n) is 2.45. The van der Waals surface area contributed by atoms with E-state index in [2.05, 4.69) is 22.4 Å². The molecule has 4 nitrogen and oxygen atoms in total. The normalized spacial score (nSPS) is 10.3. The number of hydrogen-bond acceptors (Lipinski definition) is 4. The Morgan fingerprint density at radius 3 is 2.39 bits per heavy atom. The summed E-state index contributed by atoms with van der Waals surface area (Å²) in [4.78, 5) is 9.31. The summed E-state index contributed by atoms with van der Waals surface area (Å²) < 4.78 is 5.20. The Hall–Kier alpha value is -2.88. The highest BCUT2D eigenvalue weighted by Crippen LogP contribution is 2.23. The van der Waals surface area contributed by atoms with Crippen molar-refractivity contribution in [2.75, 3.05) is 19.5 Å². The Morgan fingerprint density at radius 1 is 1.00 bits per heavy atom. The minimum atomic E-state index is 0.744. The molecule has 23 heavy (non-hydrogen) atoms. The highest BCUT2D eigenvalue weighted by molar-refractivity contribution is 5.61. The van der Waals surface area contributed by atoms with E-state index in [4.69, 9.17) is 9.72 Å². The van der Waals surface area contributed by atoms with Crippen molar-refractivity contribution in [2.24, 2.45) is 0 Å². The van der Waals surface area contributed by atoms with Gasteiger partial charge in [-0.1, -0.05) is 30.3 Å². The van der Waals surface area contributed by atoms with Crippen molar-refractivity contribution in [3.05, 3.63) is 72.1 Å². The molecule has 0 unspecified atom stereocenters. The van der Waals surface area contributed by atoms with Gasteiger partial charge >= 0.3 is 0 Å². The number of benzene rings is 2. The van der Waals surface area contributed by atoms with E-state index in [9.17, 15) is 0 Å². The molecule has 1 aromatic heterocycles. The molecule has 4 heteroatoms. The van der Waals surface area contributed by atoms with Gasteiger partial charge in [-0.2, -0.15) is 0 Å². The van der Waals surface area contributed by atoms with Crippen LogP contribution in [0.2, 0.25) is 0 Å². The van der Waals surface area contributed by atoms with Crippen LogP contribution in [0.4, 0.5) is 5.82 Å². The fourth-order valence-corrected chi connectivity index (χ4v) is 2.45. The van der Waals surface area contributed by atoms with Crippen LogP contribution in [0.1, 0.15) is 11.3 Å². The summed E-state index contributed by atoms with van der Waals surface area (Å²) in [5.41, 5.74) is 4.03. The van der Waals surface area contributed by atoms with Crippen LogP contribution >= 0.6 is 0 Å². The molecular weight excluding hydrogens is 286 g/mol. The van der Waals surface area contributed by atoms with Gasteiger partial charge in [0.25, 0.3) is 0 Å². The van der Waals surface area contributed by atoms with Crippen LogP contribution in [0.3, 0.4) is 0 Å². The second kappa shape index (κ2) is 6.92. The Kier molecular flexibility index (Phi) is 4.52. The first-order valence-corrected chi connectivity index (χ1v) is 7.52. The summed E-state index contributed by atoms with van der Waals surface area (Å²) in [6.07, 6.45) is 2.54. The molecule has 0 bridgehead atoms. The lowest BCUT2D eigenvalue weighted by atomic mass is 10.1. The molecule has 0 spiro atoms. The van der Waals surface area contributed by atoms with Crippen molar-refractivity contribution in [2.45, 2.75) is 6.42 Å². The van der Waals surface area contributed by atoms with Crippen molar-refractivity contribution in [3.63, 3.8) is 0 Å². The van der Waals surface area contributed by atoms with E-state index in [0.717, 1.165) is 34.9 Å². The Morgan fingerprint density at radius 2 is 1.74 bits per heavy atom. The number of anilines is 1.